The first-order valence-electron chi connectivity index (χ1n) is 7.81. The molecule has 4 nitrogen and oxygen atoms in total. The number of rotatable bonds is 4. The molecule has 0 spiro atoms. The number of hydrogen-bond donors (Lipinski definition) is 1. The number of alkyl carbamates (subject to hydrolysis) is 1. The second kappa shape index (κ2) is 7.34. The Balaban J connectivity index is 2.06. The Kier molecular flexibility index (Phi) is 5.70. The smallest absolute Gasteiger partial charge is 0.408 e. The molecule has 0 radical (unpaired) electrons. The number of amides is 1. The van der Waals surface area contributed by atoms with Crippen LogP contribution in [0.15, 0.2) is 24.3 Å². The summed E-state index contributed by atoms with van der Waals surface area (Å²) in [5.74, 6) is 0. The minimum atomic E-state index is -0.498. The summed E-state index contributed by atoms with van der Waals surface area (Å²) in [4.78, 5) is 14.5. The number of nitrogens with zero attached hydrogens (tertiary/aromatic N) is 1. The van der Waals surface area contributed by atoms with Crippen LogP contribution in [0.4, 0.5) is 4.79 Å². The van der Waals surface area contributed by atoms with Gasteiger partial charge < -0.3 is 15.0 Å². The normalized spacial score (nSPS) is 17.3. The molecule has 1 N–H and O–H groups in total. The summed E-state index contributed by atoms with van der Waals surface area (Å²) in [7, 11) is 0. The Bertz CT molecular complexity index is 490. The van der Waals surface area contributed by atoms with Gasteiger partial charge in [0.1, 0.15) is 5.60 Å². The highest BCUT2D eigenvalue weighted by molar-refractivity contribution is 6.30. The Morgan fingerprint density at radius 2 is 1.86 bits per heavy atom. The third-order valence-corrected chi connectivity index (χ3v) is 3.85. The van der Waals surface area contributed by atoms with Gasteiger partial charge in [-0.3, -0.25) is 0 Å². The molecule has 1 heterocycles. The molecule has 0 saturated carbocycles. The van der Waals surface area contributed by atoms with E-state index in [1.165, 1.54) is 12.8 Å². The number of carbonyl (C=O) groups is 1. The highest BCUT2D eigenvalue weighted by atomic mass is 35.5. The van der Waals surface area contributed by atoms with Gasteiger partial charge in [-0.1, -0.05) is 23.7 Å². The third-order valence-electron chi connectivity index (χ3n) is 3.60. The molecule has 0 aromatic heterocycles. The van der Waals surface area contributed by atoms with E-state index in [0.29, 0.717) is 5.02 Å². The van der Waals surface area contributed by atoms with Crippen LogP contribution in [0.25, 0.3) is 0 Å². The number of hydrogen-bond acceptors (Lipinski definition) is 3. The number of benzene rings is 1. The molecule has 1 aromatic carbocycles. The van der Waals surface area contributed by atoms with Crippen molar-refractivity contribution in [2.75, 3.05) is 19.6 Å². The van der Waals surface area contributed by atoms with E-state index in [-0.39, 0.29) is 12.1 Å². The van der Waals surface area contributed by atoms with Crippen LogP contribution in [0.3, 0.4) is 0 Å². The molecule has 22 heavy (non-hydrogen) atoms. The first kappa shape index (κ1) is 17.1. The molecular weight excluding hydrogens is 300 g/mol. The lowest BCUT2D eigenvalue weighted by Crippen LogP contribution is -2.39. The molecule has 2 rings (SSSR count). The van der Waals surface area contributed by atoms with E-state index in [9.17, 15) is 4.79 Å². The average Bonchev–Trinajstić information content (AvgIpc) is 2.89. The summed E-state index contributed by atoms with van der Waals surface area (Å²) in [6.45, 7) is 8.56. The van der Waals surface area contributed by atoms with Crippen LogP contribution in [0.5, 0.6) is 0 Å². The van der Waals surface area contributed by atoms with Crippen LogP contribution in [-0.4, -0.2) is 36.2 Å². The minimum Gasteiger partial charge on any atom is -0.444 e. The van der Waals surface area contributed by atoms with E-state index >= 15 is 0 Å². The number of carbonyl (C=O) groups excluding carboxylic acids is 1. The van der Waals surface area contributed by atoms with Gasteiger partial charge in [0.05, 0.1) is 6.04 Å². The van der Waals surface area contributed by atoms with Crippen LogP contribution < -0.4 is 5.32 Å². The summed E-state index contributed by atoms with van der Waals surface area (Å²) in [5, 5.41) is 3.69. The van der Waals surface area contributed by atoms with E-state index < -0.39 is 5.60 Å². The standard InChI is InChI=1S/C17H25ClN2O2/c1-17(2,3)22-16(21)19-15(12-20-10-4-5-11-20)13-6-8-14(18)9-7-13/h6-9,15H,4-5,10-12H2,1-3H3,(H,19,21). The van der Waals surface area contributed by atoms with Crippen molar-refractivity contribution in [1.82, 2.24) is 10.2 Å². The molecule has 1 fully saturated rings. The van der Waals surface area contributed by atoms with Gasteiger partial charge in [0.2, 0.25) is 0 Å². The Labute approximate surface area is 137 Å². The first-order chi connectivity index (χ1) is 10.3. The number of halogens is 1. The van der Waals surface area contributed by atoms with Crippen LogP contribution in [0.2, 0.25) is 5.02 Å². The van der Waals surface area contributed by atoms with Crippen LogP contribution in [-0.2, 0) is 4.74 Å². The van der Waals surface area contributed by atoms with Crippen molar-refractivity contribution in [3.63, 3.8) is 0 Å². The van der Waals surface area contributed by atoms with Crippen LogP contribution in [0.1, 0.15) is 45.2 Å². The number of nitrogens with one attached hydrogen (secondary N) is 1. The maximum Gasteiger partial charge on any atom is 0.408 e. The fraction of sp³-hybridized carbons (Fsp3) is 0.588. The van der Waals surface area contributed by atoms with Gasteiger partial charge in [-0.2, -0.15) is 0 Å². The van der Waals surface area contributed by atoms with Crippen LogP contribution >= 0.6 is 11.6 Å². The average molecular weight is 325 g/mol. The van der Waals surface area contributed by atoms with Gasteiger partial charge >= 0.3 is 6.09 Å². The van der Waals surface area contributed by atoms with E-state index in [1.807, 2.05) is 45.0 Å². The van der Waals surface area contributed by atoms with Crippen molar-refractivity contribution in [2.45, 2.75) is 45.3 Å². The van der Waals surface area contributed by atoms with E-state index in [1.54, 1.807) is 0 Å². The van der Waals surface area contributed by atoms with Gasteiger partial charge in [-0.05, 0) is 64.4 Å². The molecule has 1 amide bonds. The molecule has 5 heteroatoms. The number of likely N-dealkylation sites (tertiary alicyclic amines) is 1. The van der Waals surface area contributed by atoms with Crippen molar-refractivity contribution < 1.29 is 9.53 Å². The van der Waals surface area contributed by atoms with Gasteiger partial charge in [0, 0.05) is 11.6 Å². The molecule has 0 bridgehead atoms. The molecule has 0 aliphatic carbocycles. The second-order valence-electron chi connectivity index (χ2n) is 6.76. The molecule has 1 atom stereocenters. The van der Waals surface area contributed by atoms with Crippen molar-refractivity contribution in [3.05, 3.63) is 34.9 Å². The molecular formula is C17H25ClN2O2. The molecule has 1 aliphatic heterocycles. The molecule has 1 saturated heterocycles. The van der Waals surface area contributed by atoms with Gasteiger partial charge in [-0.15, -0.1) is 0 Å². The Morgan fingerprint density at radius 1 is 1.27 bits per heavy atom. The lowest BCUT2D eigenvalue weighted by Gasteiger charge is -2.27. The first-order valence-corrected chi connectivity index (χ1v) is 8.18. The monoisotopic (exact) mass is 324 g/mol. The van der Waals surface area contributed by atoms with Crippen molar-refractivity contribution in [3.8, 4) is 0 Å². The van der Waals surface area contributed by atoms with Gasteiger partial charge in [-0.25, -0.2) is 4.79 Å². The summed E-state index contributed by atoms with van der Waals surface area (Å²) < 4.78 is 5.38. The summed E-state index contributed by atoms with van der Waals surface area (Å²) in [6.07, 6.45) is 2.06. The highest BCUT2D eigenvalue weighted by Gasteiger charge is 2.23. The van der Waals surface area contributed by atoms with E-state index in [2.05, 4.69) is 10.2 Å². The molecule has 1 aliphatic rings. The minimum absolute atomic E-state index is 0.0924. The summed E-state index contributed by atoms with van der Waals surface area (Å²) in [5.41, 5.74) is 0.546. The molecule has 1 unspecified atom stereocenters. The van der Waals surface area contributed by atoms with Crippen molar-refractivity contribution in [1.29, 1.82) is 0 Å². The van der Waals surface area contributed by atoms with E-state index in [4.69, 9.17) is 16.3 Å². The van der Waals surface area contributed by atoms with Crippen molar-refractivity contribution in [2.24, 2.45) is 0 Å². The van der Waals surface area contributed by atoms with Gasteiger partial charge in [0.15, 0.2) is 0 Å². The summed E-state index contributed by atoms with van der Waals surface area (Å²) in [6, 6.07) is 7.53. The van der Waals surface area contributed by atoms with Crippen LogP contribution in [0, 0.1) is 0 Å². The maximum absolute atomic E-state index is 12.1. The third kappa shape index (κ3) is 5.50. The zero-order valence-electron chi connectivity index (χ0n) is 13.6. The zero-order chi connectivity index (χ0) is 16.2. The topological polar surface area (TPSA) is 41.6 Å². The lowest BCUT2D eigenvalue weighted by atomic mass is 10.1. The SMILES string of the molecule is CC(C)(C)OC(=O)NC(CN1CCCC1)c1ccc(Cl)cc1. The fourth-order valence-electron chi connectivity index (χ4n) is 2.60. The van der Waals surface area contributed by atoms with E-state index in [0.717, 1.165) is 25.2 Å². The lowest BCUT2D eigenvalue weighted by molar-refractivity contribution is 0.0493. The number of ether oxygens (including phenoxy) is 1. The summed E-state index contributed by atoms with van der Waals surface area (Å²) >= 11 is 5.96. The predicted octanol–water partition coefficient (Wildman–Crippen LogP) is 4.00. The highest BCUT2D eigenvalue weighted by Crippen LogP contribution is 2.20. The fourth-order valence-corrected chi connectivity index (χ4v) is 2.73. The maximum atomic E-state index is 12.1. The largest absolute Gasteiger partial charge is 0.444 e. The second-order valence-corrected chi connectivity index (χ2v) is 7.19. The quantitative estimate of drug-likeness (QED) is 0.910. The van der Waals surface area contributed by atoms with Crippen molar-refractivity contribution >= 4 is 17.7 Å². The molecule has 1 aromatic rings. The predicted molar refractivity (Wildman–Crippen MR) is 89.2 cm³/mol. The molecule has 122 valence electrons. The Morgan fingerprint density at radius 3 is 2.41 bits per heavy atom. The Hall–Kier alpha value is -1.26. The van der Waals surface area contributed by atoms with Gasteiger partial charge in [0.25, 0.3) is 0 Å². The zero-order valence-corrected chi connectivity index (χ0v) is 14.3.